The second-order valence-electron chi connectivity index (χ2n) is 6.81. The maximum atomic E-state index is 12.4. The van der Waals surface area contributed by atoms with Crippen molar-refractivity contribution in [3.05, 3.63) is 40.8 Å². The topological polar surface area (TPSA) is 96.1 Å². The molecule has 2 amide bonds. The zero-order valence-electron chi connectivity index (χ0n) is 15.0. The van der Waals surface area contributed by atoms with Crippen LogP contribution in [-0.2, 0) is 0 Å². The minimum absolute atomic E-state index is 0.159. The SMILES string of the molecule is COc1ccc(C(=O)Nc2[nH]nc3sc(C(=O)NC(C)(C)C)cc23)cc1. The summed E-state index contributed by atoms with van der Waals surface area (Å²) in [5.41, 5.74) is 0.172. The molecule has 1 aromatic carbocycles. The van der Waals surface area contributed by atoms with Crippen molar-refractivity contribution in [1.29, 1.82) is 0 Å². The lowest BCUT2D eigenvalue weighted by molar-refractivity contribution is 0.0923. The number of carbonyl (C=O) groups is 2. The number of hydrogen-bond acceptors (Lipinski definition) is 5. The third-order valence-electron chi connectivity index (χ3n) is 3.55. The molecular formula is C18H20N4O3S. The molecule has 2 aromatic heterocycles. The molecule has 3 aromatic rings. The van der Waals surface area contributed by atoms with E-state index in [2.05, 4.69) is 20.8 Å². The molecule has 0 spiro atoms. The van der Waals surface area contributed by atoms with Crippen LogP contribution in [0.5, 0.6) is 5.75 Å². The Hall–Kier alpha value is -2.87. The van der Waals surface area contributed by atoms with Crippen molar-refractivity contribution in [3.8, 4) is 5.75 Å². The van der Waals surface area contributed by atoms with E-state index in [1.807, 2.05) is 20.8 Å². The monoisotopic (exact) mass is 372 g/mol. The molecule has 0 saturated carbocycles. The van der Waals surface area contributed by atoms with Gasteiger partial charge in [0, 0.05) is 11.1 Å². The van der Waals surface area contributed by atoms with Crippen molar-refractivity contribution in [2.45, 2.75) is 26.3 Å². The summed E-state index contributed by atoms with van der Waals surface area (Å²) in [6.45, 7) is 5.76. The number of carbonyl (C=O) groups excluding carboxylic acids is 2. The highest BCUT2D eigenvalue weighted by atomic mass is 32.1. The lowest BCUT2D eigenvalue weighted by Crippen LogP contribution is -2.40. The number of thiophene rings is 1. The quantitative estimate of drug-likeness (QED) is 0.654. The van der Waals surface area contributed by atoms with Crippen molar-refractivity contribution in [2.75, 3.05) is 12.4 Å². The van der Waals surface area contributed by atoms with Crippen molar-refractivity contribution >= 4 is 39.2 Å². The summed E-state index contributed by atoms with van der Waals surface area (Å²) in [5.74, 6) is 0.711. The zero-order chi connectivity index (χ0) is 18.9. The van der Waals surface area contributed by atoms with Gasteiger partial charge >= 0.3 is 0 Å². The van der Waals surface area contributed by atoms with Gasteiger partial charge in [0.1, 0.15) is 16.4 Å². The Bertz CT molecular complexity index is 951. The maximum absolute atomic E-state index is 12.4. The number of aromatic amines is 1. The van der Waals surface area contributed by atoms with E-state index in [-0.39, 0.29) is 17.4 Å². The van der Waals surface area contributed by atoms with E-state index >= 15 is 0 Å². The van der Waals surface area contributed by atoms with E-state index in [1.165, 1.54) is 11.3 Å². The van der Waals surface area contributed by atoms with Crippen LogP contribution in [0, 0.1) is 0 Å². The molecule has 0 unspecified atom stereocenters. The summed E-state index contributed by atoms with van der Waals surface area (Å²) >= 11 is 1.27. The molecule has 0 aliphatic heterocycles. The Balaban J connectivity index is 1.80. The number of aromatic nitrogens is 2. The van der Waals surface area contributed by atoms with Gasteiger partial charge in [-0.15, -0.1) is 11.3 Å². The zero-order valence-corrected chi connectivity index (χ0v) is 15.8. The largest absolute Gasteiger partial charge is 0.497 e. The molecule has 8 heteroatoms. The van der Waals surface area contributed by atoms with Gasteiger partial charge in [0.15, 0.2) is 0 Å². The van der Waals surface area contributed by atoms with E-state index < -0.39 is 0 Å². The lowest BCUT2D eigenvalue weighted by atomic mass is 10.1. The van der Waals surface area contributed by atoms with Gasteiger partial charge in [0.2, 0.25) is 0 Å². The van der Waals surface area contributed by atoms with E-state index in [4.69, 9.17) is 4.74 Å². The normalized spacial score (nSPS) is 11.4. The molecule has 136 valence electrons. The van der Waals surface area contributed by atoms with Crippen molar-refractivity contribution in [1.82, 2.24) is 15.5 Å². The third kappa shape index (κ3) is 3.85. The standard InChI is InChI=1S/C18H20N4O3S/c1-18(2,3)20-16(24)13-9-12-14(21-22-17(12)26-13)19-15(23)10-5-7-11(25-4)8-6-10/h5-9H,1-4H3,(H,20,24)(H2,19,21,22,23). The van der Waals surface area contributed by atoms with Gasteiger partial charge in [0.05, 0.1) is 17.4 Å². The molecule has 26 heavy (non-hydrogen) atoms. The van der Waals surface area contributed by atoms with Gasteiger partial charge in [-0.25, -0.2) is 0 Å². The smallest absolute Gasteiger partial charge is 0.261 e. The number of amides is 2. The van der Waals surface area contributed by atoms with Crippen LogP contribution in [0.1, 0.15) is 40.8 Å². The van der Waals surface area contributed by atoms with Gasteiger partial charge in [-0.3, -0.25) is 14.7 Å². The van der Waals surface area contributed by atoms with Crippen LogP contribution in [0.25, 0.3) is 10.2 Å². The molecule has 7 nitrogen and oxygen atoms in total. The molecule has 3 rings (SSSR count). The van der Waals surface area contributed by atoms with Crippen LogP contribution in [0.3, 0.4) is 0 Å². The Kier molecular flexibility index (Phi) is 4.69. The van der Waals surface area contributed by atoms with Crippen molar-refractivity contribution in [3.63, 3.8) is 0 Å². The third-order valence-corrected chi connectivity index (χ3v) is 4.58. The number of nitrogens with zero attached hydrogens (tertiary/aromatic N) is 1. The first-order valence-corrected chi connectivity index (χ1v) is 8.84. The molecule has 0 aliphatic rings. The summed E-state index contributed by atoms with van der Waals surface area (Å²) in [5, 5.41) is 13.4. The van der Waals surface area contributed by atoms with Gasteiger partial charge in [-0.2, -0.15) is 5.10 Å². The van der Waals surface area contributed by atoms with E-state index in [9.17, 15) is 9.59 Å². The van der Waals surface area contributed by atoms with Crippen molar-refractivity contribution in [2.24, 2.45) is 0 Å². The number of hydrogen-bond donors (Lipinski definition) is 3. The van der Waals surface area contributed by atoms with E-state index in [0.717, 1.165) is 0 Å². The fourth-order valence-electron chi connectivity index (χ4n) is 2.35. The molecular weight excluding hydrogens is 352 g/mol. The van der Waals surface area contributed by atoms with Crippen LogP contribution in [-0.4, -0.2) is 34.7 Å². The van der Waals surface area contributed by atoms with Crippen LogP contribution >= 0.6 is 11.3 Å². The highest BCUT2D eigenvalue weighted by molar-refractivity contribution is 7.20. The Morgan fingerprint density at radius 1 is 1.15 bits per heavy atom. The van der Waals surface area contributed by atoms with Crippen LogP contribution in [0.4, 0.5) is 5.82 Å². The predicted molar refractivity (Wildman–Crippen MR) is 102 cm³/mol. The minimum Gasteiger partial charge on any atom is -0.497 e. The highest BCUT2D eigenvalue weighted by Gasteiger charge is 2.20. The number of ether oxygens (including phenoxy) is 1. The van der Waals surface area contributed by atoms with E-state index in [1.54, 1.807) is 37.4 Å². The first-order valence-electron chi connectivity index (χ1n) is 8.02. The van der Waals surface area contributed by atoms with Crippen LogP contribution < -0.4 is 15.4 Å². The Labute approximate surface area is 154 Å². The summed E-state index contributed by atoms with van der Waals surface area (Å²) in [6.07, 6.45) is 0. The summed E-state index contributed by atoms with van der Waals surface area (Å²) in [6, 6.07) is 8.53. The Morgan fingerprint density at radius 2 is 1.85 bits per heavy atom. The van der Waals surface area contributed by atoms with Crippen molar-refractivity contribution < 1.29 is 14.3 Å². The Morgan fingerprint density at radius 3 is 2.46 bits per heavy atom. The second kappa shape index (κ2) is 6.80. The summed E-state index contributed by atoms with van der Waals surface area (Å²) in [4.78, 5) is 25.9. The average molecular weight is 372 g/mol. The number of methoxy groups -OCH3 is 1. The molecule has 2 heterocycles. The average Bonchev–Trinajstić information content (AvgIpc) is 3.15. The number of anilines is 1. The molecule has 3 N–H and O–H groups in total. The number of rotatable bonds is 4. The number of H-pyrrole nitrogens is 1. The first kappa shape index (κ1) is 17.9. The first-order chi connectivity index (χ1) is 12.3. The van der Waals surface area contributed by atoms with E-state index in [0.29, 0.717) is 32.2 Å². The fraction of sp³-hybridized carbons (Fsp3) is 0.278. The van der Waals surface area contributed by atoms with Gasteiger partial charge in [-0.1, -0.05) is 0 Å². The predicted octanol–water partition coefficient (Wildman–Crippen LogP) is 3.41. The fourth-order valence-corrected chi connectivity index (χ4v) is 3.24. The number of nitrogens with one attached hydrogen (secondary N) is 3. The number of benzene rings is 1. The summed E-state index contributed by atoms with van der Waals surface area (Å²) < 4.78 is 5.09. The molecule has 0 aliphatic carbocycles. The second-order valence-corrected chi connectivity index (χ2v) is 7.85. The van der Waals surface area contributed by atoms with Crippen LogP contribution in [0.2, 0.25) is 0 Å². The minimum atomic E-state index is -0.323. The highest BCUT2D eigenvalue weighted by Crippen LogP contribution is 2.29. The van der Waals surface area contributed by atoms with Gasteiger partial charge < -0.3 is 15.4 Å². The van der Waals surface area contributed by atoms with Gasteiger partial charge in [-0.05, 0) is 51.1 Å². The maximum Gasteiger partial charge on any atom is 0.261 e. The van der Waals surface area contributed by atoms with Gasteiger partial charge in [0.25, 0.3) is 11.8 Å². The molecule has 0 radical (unpaired) electrons. The molecule has 0 fully saturated rings. The molecule has 0 atom stereocenters. The number of fused-ring (bicyclic) bond motifs is 1. The molecule has 0 bridgehead atoms. The molecule has 0 saturated heterocycles. The lowest BCUT2D eigenvalue weighted by Gasteiger charge is -2.19. The van der Waals surface area contributed by atoms with Crippen LogP contribution in [0.15, 0.2) is 30.3 Å². The summed E-state index contributed by atoms with van der Waals surface area (Å²) in [7, 11) is 1.57.